The minimum atomic E-state index is 0.0666. The Bertz CT molecular complexity index is 685. The number of ether oxygens (including phenoxy) is 2. The van der Waals surface area contributed by atoms with Crippen LogP contribution in [-0.2, 0) is 0 Å². The summed E-state index contributed by atoms with van der Waals surface area (Å²) in [7, 11) is 0. The second-order valence-electron chi connectivity index (χ2n) is 4.90. The molecule has 2 nitrogen and oxygen atoms in total. The molecule has 21 heavy (non-hydrogen) atoms. The molecule has 0 amide bonds. The molecule has 1 aliphatic heterocycles. The lowest BCUT2D eigenvalue weighted by molar-refractivity contribution is 0.171. The third-order valence-corrected chi connectivity index (χ3v) is 5.75. The second kappa shape index (κ2) is 6.31. The van der Waals surface area contributed by atoms with Gasteiger partial charge in [-0.15, -0.1) is 0 Å². The maximum atomic E-state index is 5.68. The van der Waals surface area contributed by atoms with E-state index in [-0.39, 0.29) is 4.83 Å². The van der Waals surface area contributed by atoms with Crippen LogP contribution in [0.4, 0.5) is 0 Å². The lowest BCUT2D eigenvalue weighted by Crippen LogP contribution is -2.15. The highest BCUT2D eigenvalue weighted by Gasteiger charge is 2.21. The van der Waals surface area contributed by atoms with Crippen molar-refractivity contribution in [2.24, 2.45) is 0 Å². The molecule has 0 saturated carbocycles. The van der Waals surface area contributed by atoms with Crippen LogP contribution in [0.15, 0.2) is 39.3 Å². The summed E-state index contributed by atoms with van der Waals surface area (Å²) in [6.07, 6.45) is 0. The van der Waals surface area contributed by atoms with Crippen LogP contribution in [0, 0.1) is 6.92 Å². The van der Waals surface area contributed by atoms with E-state index >= 15 is 0 Å². The molecule has 0 aliphatic carbocycles. The van der Waals surface area contributed by atoms with Crippen molar-refractivity contribution in [3.8, 4) is 11.5 Å². The van der Waals surface area contributed by atoms with Crippen molar-refractivity contribution < 1.29 is 9.47 Å². The van der Waals surface area contributed by atoms with Crippen molar-refractivity contribution in [2.75, 3.05) is 13.2 Å². The average molecular weight is 477 g/mol. The maximum Gasteiger partial charge on any atom is 0.162 e. The van der Waals surface area contributed by atoms with Gasteiger partial charge in [-0.2, -0.15) is 0 Å². The summed E-state index contributed by atoms with van der Waals surface area (Å²) in [6.45, 7) is 3.28. The van der Waals surface area contributed by atoms with Crippen LogP contribution in [0.25, 0.3) is 0 Å². The van der Waals surface area contributed by atoms with Gasteiger partial charge in [-0.05, 0) is 36.2 Å². The van der Waals surface area contributed by atoms with Gasteiger partial charge in [0.2, 0.25) is 0 Å². The Hall–Kier alpha value is -0.520. The molecule has 0 fully saturated rings. The Morgan fingerprint density at radius 2 is 1.52 bits per heavy atom. The number of aryl methyl sites for hydroxylation is 1. The molecule has 0 N–H and O–H groups in total. The zero-order valence-electron chi connectivity index (χ0n) is 11.3. The van der Waals surface area contributed by atoms with Crippen molar-refractivity contribution in [1.82, 2.24) is 0 Å². The van der Waals surface area contributed by atoms with Crippen LogP contribution in [0.3, 0.4) is 0 Å². The highest BCUT2D eigenvalue weighted by Crippen LogP contribution is 2.44. The molecule has 110 valence electrons. The van der Waals surface area contributed by atoms with Crippen LogP contribution >= 0.6 is 47.8 Å². The van der Waals surface area contributed by atoms with Gasteiger partial charge in [0.25, 0.3) is 0 Å². The van der Waals surface area contributed by atoms with Crippen molar-refractivity contribution in [3.63, 3.8) is 0 Å². The van der Waals surface area contributed by atoms with E-state index in [0.717, 1.165) is 26.0 Å². The quantitative estimate of drug-likeness (QED) is 0.512. The molecule has 3 rings (SSSR count). The highest BCUT2D eigenvalue weighted by atomic mass is 79.9. The van der Waals surface area contributed by atoms with Crippen LogP contribution in [0.2, 0.25) is 0 Å². The van der Waals surface area contributed by atoms with E-state index in [9.17, 15) is 0 Å². The molecule has 0 bridgehead atoms. The van der Waals surface area contributed by atoms with Gasteiger partial charge in [0.1, 0.15) is 13.2 Å². The Kier molecular flexibility index (Phi) is 4.62. The first-order valence-corrected chi connectivity index (χ1v) is 9.05. The molecule has 0 radical (unpaired) electrons. The lowest BCUT2D eigenvalue weighted by Gasteiger charge is -2.22. The van der Waals surface area contributed by atoms with Crippen molar-refractivity contribution in [1.29, 1.82) is 0 Å². The number of benzene rings is 2. The smallest absolute Gasteiger partial charge is 0.162 e. The van der Waals surface area contributed by atoms with Gasteiger partial charge < -0.3 is 9.47 Å². The van der Waals surface area contributed by atoms with Gasteiger partial charge in [-0.25, -0.2) is 0 Å². The number of hydrogen-bond acceptors (Lipinski definition) is 2. The minimum Gasteiger partial charge on any atom is -0.486 e. The van der Waals surface area contributed by atoms with E-state index in [2.05, 4.69) is 72.9 Å². The fraction of sp³-hybridized carbons (Fsp3) is 0.250. The molecule has 0 saturated heterocycles. The van der Waals surface area contributed by atoms with E-state index in [1.807, 2.05) is 12.1 Å². The fourth-order valence-corrected chi connectivity index (χ4v) is 4.70. The zero-order valence-corrected chi connectivity index (χ0v) is 16.1. The molecule has 2 aromatic carbocycles. The second-order valence-corrected chi connectivity index (χ2v) is 7.53. The van der Waals surface area contributed by atoms with Crippen LogP contribution in [0.1, 0.15) is 21.5 Å². The Balaban J connectivity index is 2.05. The standard InChI is InChI=1S/C16H13Br3O2/c1-9-2-3-12(17)10(6-9)16(19)11-7-14-15(8-13(11)18)21-5-4-20-14/h2-3,6-8,16H,4-5H2,1H3. The molecular weight excluding hydrogens is 464 g/mol. The van der Waals surface area contributed by atoms with Gasteiger partial charge in [0.05, 0.1) is 4.83 Å². The summed E-state index contributed by atoms with van der Waals surface area (Å²) in [5.41, 5.74) is 3.53. The third kappa shape index (κ3) is 3.15. The van der Waals surface area contributed by atoms with Crippen molar-refractivity contribution in [2.45, 2.75) is 11.8 Å². The molecule has 5 heteroatoms. The summed E-state index contributed by atoms with van der Waals surface area (Å²) in [5.74, 6) is 1.59. The molecule has 1 unspecified atom stereocenters. The molecule has 1 atom stereocenters. The number of halogens is 3. The van der Waals surface area contributed by atoms with Crippen molar-refractivity contribution in [3.05, 3.63) is 56.0 Å². The number of fused-ring (bicyclic) bond motifs is 1. The summed E-state index contributed by atoms with van der Waals surface area (Å²) < 4.78 is 13.4. The van der Waals surface area contributed by atoms with E-state index in [4.69, 9.17) is 9.47 Å². The third-order valence-electron chi connectivity index (χ3n) is 3.36. The van der Waals surface area contributed by atoms with Gasteiger partial charge in [-0.1, -0.05) is 65.5 Å². The topological polar surface area (TPSA) is 18.5 Å². The van der Waals surface area contributed by atoms with Gasteiger partial charge in [0.15, 0.2) is 11.5 Å². The first-order valence-electron chi connectivity index (χ1n) is 6.55. The molecule has 2 aromatic rings. The predicted octanol–water partition coefficient (Wildman–Crippen LogP) is 5.78. The lowest BCUT2D eigenvalue weighted by atomic mass is 10.0. The summed E-state index contributed by atoms with van der Waals surface area (Å²) in [5, 5.41) is 0. The molecule has 0 aromatic heterocycles. The average Bonchev–Trinajstić information content (AvgIpc) is 2.48. The van der Waals surface area contributed by atoms with E-state index in [0.29, 0.717) is 13.2 Å². The van der Waals surface area contributed by atoms with Crippen molar-refractivity contribution >= 4 is 47.8 Å². The molecule has 1 heterocycles. The Morgan fingerprint density at radius 1 is 0.905 bits per heavy atom. The summed E-state index contributed by atoms with van der Waals surface area (Å²) in [4.78, 5) is 0.0666. The minimum absolute atomic E-state index is 0.0666. The van der Waals surface area contributed by atoms with Crippen LogP contribution in [0.5, 0.6) is 11.5 Å². The Labute approximate surface area is 149 Å². The Morgan fingerprint density at radius 3 is 2.24 bits per heavy atom. The highest BCUT2D eigenvalue weighted by molar-refractivity contribution is 9.11. The van der Waals surface area contributed by atoms with Gasteiger partial charge >= 0.3 is 0 Å². The largest absolute Gasteiger partial charge is 0.486 e. The van der Waals surface area contributed by atoms with Crippen LogP contribution in [-0.4, -0.2) is 13.2 Å². The van der Waals surface area contributed by atoms with Gasteiger partial charge in [-0.3, -0.25) is 0 Å². The summed E-state index contributed by atoms with van der Waals surface area (Å²) in [6, 6.07) is 10.3. The van der Waals surface area contributed by atoms with Crippen LogP contribution < -0.4 is 9.47 Å². The molecule has 0 spiro atoms. The van der Waals surface area contributed by atoms with Gasteiger partial charge in [0, 0.05) is 8.95 Å². The molecular formula is C16H13Br3O2. The van der Waals surface area contributed by atoms with E-state index < -0.39 is 0 Å². The zero-order chi connectivity index (χ0) is 15.0. The number of rotatable bonds is 2. The summed E-state index contributed by atoms with van der Waals surface area (Å²) >= 11 is 11.1. The number of alkyl halides is 1. The predicted molar refractivity (Wildman–Crippen MR) is 94.8 cm³/mol. The monoisotopic (exact) mass is 474 g/mol. The first kappa shape index (κ1) is 15.4. The first-order chi connectivity index (χ1) is 10.1. The maximum absolute atomic E-state index is 5.68. The fourth-order valence-electron chi connectivity index (χ4n) is 2.30. The van der Waals surface area contributed by atoms with E-state index in [1.165, 1.54) is 11.1 Å². The number of hydrogen-bond donors (Lipinski definition) is 0. The normalized spacial score (nSPS) is 14.9. The molecule has 1 aliphatic rings. The van der Waals surface area contributed by atoms with E-state index in [1.54, 1.807) is 0 Å². The SMILES string of the molecule is Cc1ccc(Br)c(C(Br)c2cc3c(cc2Br)OCCO3)c1.